The minimum atomic E-state index is 0. The van der Waals surface area contributed by atoms with Gasteiger partial charge in [0.1, 0.15) is 11.5 Å². The van der Waals surface area contributed by atoms with Gasteiger partial charge in [0, 0.05) is 18.1 Å². The molecule has 3 aromatic carbocycles. The molecule has 0 aliphatic carbocycles. The Balaban J connectivity index is 0.00000341. The number of hydrogen-bond acceptors (Lipinski definition) is 4. The summed E-state index contributed by atoms with van der Waals surface area (Å²) < 4.78 is 10.6. The van der Waals surface area contributed by atoms with Crippen LogP contribution in [-0.4, -0.2) is 30.5 Å². The monoisotopic (exact) mass is 568 g/mol. The third kappa shape index (κ3) is 7.63. The van der Waals surface area contributed by atoms with Crippen LogP contribution < -0.4 is 9.47 Å². The summed E-state index contributed by atoms with van der Waals surface area (Å²) in [7, 11) is 3.35. The van der Waals surface area contributed by atoms with Gasteiger partial charge in [0.2, 0.25) is 0 Å². The highest BCUT2D eigenvalue weighted by Gasteiger charge is 2.13. The molecule has 0 unspecified atom stereocenters. The Kier molecular flexibility index (Phi) is 10.5. The molecule has 0 N–H and O–H groups in total. The number of thioether (sulfide) groups is 1. The van der Waals surface area contributed by atoms with E-state index in [0.717, 1.165) is 35.4 Å². The summed E-state index contributed by atoms with van der Waals surface area (Å²) in [5.74, 6) is 1.70. The predicted octanol–water partition coefficient (Wildman–Crippen LogP) is 7.03. The lowest BCUT2D eigenvalue weighted by molar-refractivity contribution is 0.405. The average Bonchev–Trinajstić information content (AvgIpc) is 2.79. The summed E-state index contributed by atoms with van der Waals surface area (Å²) in [5.41, 5.74) is 3.24. The maximum atomic E-state index is 6.02. The van der Waals surface area contributed by atoms with E-state index < -0.39 is 0 Å². The van der Waals surface area contributed by atoms with Gasteiger partial charge in [-0.25, -0.2) is 4.99 Å². The number of methoxy groups -OCH3 is 2. The molecule has 0 spiro atoms. The van der Waals surface area contributed by atoms with Crippen LogP contribution in [0.4, 0.5) is 5.69 Å². The normalized spacial score (nSPS) is 10.9. The third-order valence-corrected chi connectivity index (χ3v) is 5.54. The van der Waals surface area contributed by atoms with E-state index in [2.05, 4.69) is 29.2 Å². The molecule has 0 saturated heterocycles. The second kappa shape index (κ2) is 12.8. The Labute approximate surface area is 210 Å². The van der Waals surface area contributed by atoms with E-state index in [1.54, 1.807) is 26.0 Å². The second-order valence-electron chi connectivity index (χ2n) is 6.63. The van der Waals surface area contributed by atoms with Gasteiger partial charge >= 0.3 is 0 Å². The molecule has 0 aliphatic heterocycles. The first kappa shape index (κ1) is 25.4. The van der Waals surface area contributed by atoms with E-state index >= 15 is 0 Å². The van der Waals surface area contributed by atoms with E-state index in [0.29, 0.717) is 5.02 Å². The molecule has 3 aromatic rings. The highest BCUT2D eigenvalue weighted by Crippen LogP contribution is 2.23. The summed E-state index contributed by atoms with van der Waals surface area (Å²) >= 11 is 7.65. The fourth-order valence-electron chi connectivity index (χ4n) is 2.97. The van der Waals surface area contributed by atoms with Gasteiger partial charge in [-0.3, -0.25) is 0 Å². The number of nitrogens with zero attached hydrogens (tertiary/aromatic N) is 2. The lowest BCUT2D eigenvalue weighted by Crippen LogP contribution is -2.27. The molecule has 3 rings (SSSR count). The number of ether oxygens (including phenoxy) is 2. The molecule has 0 amide bonds. The van der Waals surface area contributed by atoms with Crippen LogP contribution in [0, 0.1) is 0 Å². The number of halogens is 2. The van der Waals surface area contributed by atoms with Crippen LogP contribution in [0.25, 0.3) is 0 Å². The first-order chi connectivity index (χ1) is 14.6. The number of amidine groups is 1. The Morgan fingerprint density at radius 1 is 0.806 bits per heavy atom. The van der Waals surface area contributed by atoms with E-state index in [1.165, 1.54) is 11.1 Å². The summed E-state index contributed by atoms with van der Waals surface area (Å²) in [6, 6.07) is 23.8. The maximum Gasteiger partial charge on any atom is 0.164 e. The highest BCUT2D eigenvalue weighted by molar-refractivity contribution is 14.0. The van der Waals surface area contributed by atoms with Crippen molar-refractivity contribution in [2.24, 2.45) is 4.99 Å². The zero-order valence-corrected chi connectivity index (χ0v) is 21.7. The molecule has 0 fully saturated rings. The van der Waals surface area contributed by atoms with Gasteiger partial charge in [-0.1, -0.05) is 47.6 Å². The van der Waals surface area contributed by atoms with Crippen molar-refractivity contribution in [2.45, 2.75) is 13.1 Å². The second-order valence-corrected chi connectivity index (χ2v) is 7.84. The SMILES string of the molecule is COc1ccc(CN(Cc2ccc(OC)cc2)C(=Nc2ccc(Cl)cc2)SC)cc1.I. The van der Waals surface area contributed by atoms with Gasteiger partial charge in [0.15, 0.2) is 5.17 Å². The summed E-state index contributed by atoms with van der Waals surface area (Å²) in [6.07, 6.45) is 2.05. The van der Waals surface area contributed by atoms with Gasteiger partial charge in [0.25, 0.3) is 0 Å². The van der Waals surface area contributed by atoms with Crippen LogP contribution in [0.5, 0.6) is 11.5 Å². The standard InChI is InChI=1S/C24H25ClN2O2S.HI/c1-28-22-12-4-18(5-13-22)16-27(17-19-6-14-23(29-2)15-7-19)24(30-3)26-21-10-8-20(25)9-11-21;/h4-15H,16-17H2,1-3H3;1H. The molecule has 0 heterocycles. The Morgan fingerprint density at radius 2 is 1.26 bits per heavy atom. The van der Waals surface area contributed by atoms with Crippen LogP contribution in [-0.2, 0) is 13.1 Å². The quantitative estimate of drug-likeness (QED) is 0.174. The van der Waals surface area contributed by atoms with Crippen LogP contribution in [0.15, 0.2) is 77.8 Å². The van der Waals surface area contributed by atoms with Gasteiger partial charge < -0.3 is 14.4 Å². The molecular weight excluding hydrogens is 543 g/mol. The summed E-state index contributed by atoms with van der Waals surface area (Å²) in [4.78, 5) is 7.14. The zero-order chi connectivity index (χ0) is 21.3. The van der Waals surface area contributed by atoms with Crippen LogP contribution in [0.1, 0.15) is 11.1 Å². The number of benzene rings is 3. The van der Waals surface area contributed by atoms with Crippen molar-refractivity contribution in [1.82, 2.24) is 4.90 Å². The minimum Gasteiger partial charge on any atom is -0.497 e. The largest absolute Gasteiger partial charge is 0.497 e. The minimum absolute atomic E-state index is 0. The van der Waals surface area contributed by atoms with Gasteiger partial charge in [0.05, 0.1) is 19.9 Å². The Hall–Kier alpha value is -1.90. The van der Waals surface area contributed by atoms with Crippen LogP contribution >= 0.6 is 47.3 Å². The Morgan fingerprint density at radius 3 is 1.65 bits per heavy atom. The average molecular weight is 569 g/mol. The smallest absolute Gasteiger partial charge is 0.164 e. The van der Waals surface area contributed by atoms with E-state index in [9.17, 15) is 0 Å². The first-order valence-electron chi connectivity index (χ1n) is 9.50. The zero-order valence-electron chi connectivity index (χ0n) is 17.7. The van der Waals surface area contributed by atoms with Gasteiger partial charge in [-0.15, -0.1) is 24.0 Å². The lowest BCUT2D eigenvalue weighted by atomic mass is 10.1. The van der Waals surface area contributed by atoms with Crippen molar-refractivity contribution in [3.63, 3.8) is 0 Å². The number of rotatable bonds is 7. The van der Waals surface area contributed by atoms with Crippen LogP contribution in [0.2, 0.25) is 5.02 Å². The molecule has 31 heavy (non-hydrogen) atoms. The first-order valence-corrected chi connectivity index (χ1v) is 11.1. The van der Waals surface area contributed by atoms with Crippen LogP contribution in [0.3, 0.4) is 0 Å². The van der Waals surface area contributed by atoms with Crippen molar-refractivity contribution in [2.75, 3.05) is 20.5 Å². The van der Waals surface area contributed by atoms with E-state index in [4.69, 9.17) is 26.1 Å². The predicted molar refractivity (Wildman–Crippen MR) is 143 cm³/mol. The third-order valence-electron chi connectivity index (χ3n) is 4.57. The summed E-state index contributed by atoms with van der Waals surface area (Å²) in [6.45, 7) is 1.45. The molecule has 0 atom stereocenters. The number of hydrogen-bond donors (Lipinski definition) is 0. The maximum absolute atomic E-state index is 6.02. The van der Waals surface area contributed by atoms with Crippen molar-refractivity contribution in [3.05, 3.63) is 88.9 Å². The topological polar surface area (TPSA) is 34.1 Å². The Bertz CT molecular complexity index is 915. The van der Waals surface area contributed by atoms with E-state index in [-0.39, 0.29) is 24.0 Å². The van der Waals surface area contributed by atoms with Crippen molar-refractivity contribution in [1.29, 1.82) is 0 Å². The molecule has 7 heteroatoms. The number of aliphatic imine (C=N–C) groups is 1. The molecule has 164 valence electrons. The molecule has 4 nitrogen and oxygen atoms in total. The molecular formula is C24H26ClIN2O2S. The van der Waals surface area contributed by atoms with E-state index in [1.807, 2.05) is 54.8 Å². The van der Waals surface area contributed by atoms with Crippen molar-refractivity contribution in [3.8, 4) is 11.5 Å². The molecule has 0 bridgehead atoms. The fourth-order valence-corrected chi connectivity index (χ4v) is 3.68. The highest BCUT2D eigenvalue weighted by atomic mass is 127. The van der Waals surface area contributed by atoms with Gasteiger partial charge in [-0.2, -0.15) is 0 Å². The lowest BCUT2D eigenvalue weighted by Gasteiger charge is -2.25. The fraction of sp³-hybridized carbons (Fsp3) is 0.208. The van der Waals surface area contributed by atoms with Crippen molar-refractivity contribution >= 4 is 58.2 Å². The molecule has 0 aliphatic rings. The molecule has 0 saturated carbocycles. The summed E-state index contributed by atoms with van der Waals surface area (Å²) in [5, 5.41) is 1.64. The van der Waals surface area contributed by atoms with Crippen molar-refractivity contribution < 1.29 is 9.47 Å². The van der Waals surface area contributed by atoms with Gasteiger partial charge in [-0.05, 0) is 65.9 Å². The molecule has 0 radical (unpaired) electrons. The molecule has 0 aromatic heterocycles.